The third-order valence-corrected chi connectivity index (χ3v) is 2.91. The maximum Gasteiger partial charge on any atom is 0.338 e. The summed E-state index contributed by atoms with van der Waals surface area (Å²) in [6.45, 7) is 2.01. The fraction of sp³-hybridized carbons (Fsp3) is 0.143. The van der Waals surface area contributed by atoms with Gasteiger partial charge >= 0.3 is 11.7 Å². The van der Waals surface area contributed by atoms with Crippen LogP contribution in [0.3, 0.4) is 0 Å². The summed E-state index contributed by atoms with van der Waals surface area (Å²) in [5.74, 6) is -0.401. The van der Waals surface area contributed by atoms with Crippen LogP contribution in [-0.4, -0.2) is 22.5 Å². The number of rotatable bonds is 5. The van der Waals surface area contributed by atoms with E-state index in [0.29, 0.717) is 11.3 Å². The van der Waals surface area contributed by atoms with E-state index in [9.17, 15) is 14.9 Å². The second kappa shape index (κ2) is 6.86. The average Bonchev–Trinajstić information content (AvgIpc) is 2.48. The minimum absolute atomic E-state index is 0.0291. The van der Waals surface area contributed by atoms with Crippen molar-refractivity contribution in [1.82, 2.24) is 4.98 Å². The molecule has 0 unspecified atom stereocenters. The van der Waals surface area contributed by atoms with E-state index in [1.54, 1.807) is 31.2 Å². The summed E-state index contributed by atoms with van der Waals surface area (Å²) in [6.07, 6.45) is 0. The predicted molar refractivity (Wildman–Crippen MR) is 81.6 cm³/mol. The Hall–Kier alpha value is -2.67. The van der Waals surface area contributed by atoms with Crippen LogP contribution in [0.25, 0.3) is 0 Å². The molecular formula is C14H12ClN3O4. The zero-order chi connectivity index (χ0) is 16.1. The van der Waals surface area contributed by atoms with Crippen LogP contribution < -0.4 is 5.32 Å². The highest BCUT2D eigenvalue weighted by Crippen LogP contribution is 2.27. The molecular weight excluding hydrogens is 310 g/mol. The third kappa shape index (κ3) is 3.70. The number of carbonyl (C=O) groups excluding carboxylic acids is 1. The fourth-order valence-electron chi connectivity index (χ4n) is 1.71. The minimum atomic E-state index is -0.557. The molecule has 0 aliphatic carbocycles. The van der Waals surface area contributed by atoms with Gasteiger partial charge in [0.1, 0.15) is 5.15 Å². The van der Waals surface area contributed by atoms with Gasteiger partial charge in [0.05, 0.1) is 17.1 Å². The van der Waals surface area contributed by atoms with E-state index in [2.05, 4.69) is 10.3 Å². The van der Waals surface area contributed by atoms with E-state index in [4.69, 9.17) is 16.3 Å². The van der Waals surface area contributed by atoms with Crippen molar-refractivity contribution in [3.63, 3.8) is 0 Å². The van der Waals surface area contributed by atoms with Crippen molar-refractivity contribution in [2.24, 2.45) is 0 Å². The molecule has 7 nitrogen and oxygen atoms in total. The van der Waals surface area contributed by atoms with Crippen molar-refractivity contribution in [2.75, 3.05) is 11.9 Å². The number of esters is 1. The van der Waals surface area contributed by atoms with Crippen molar-refractivity contribution in [2.45, 2.75) is 6.92 Å². The third-order valence-electron chi connectivity index (χ3n) is 2.70. The number of nitrogens with zero attached hydrogens (tertiary/aromatic N) is 2. The summed E-state index contributed by atoms with van der Waals surface area (Å²) in [6, 6.07) is 8.91. The molecule has 2 aromatic rings. The molecule has 114 valence electrons. The van der Waals surface area contributed by atoms with Crippen molar-refractivity contribution in [3.05, 3.63) is 57.2 Å². The van der Waals surface area contributed by atoms with Gasteiger partial charge in [-0.1, -0.05) is 11.6 Å². The van der Waals surface area contributed by atoms with Gasteiger partial charge in [-0.3, -0.25) is 10.1 Å². The Morgan fingerprint density at radius 3 is 2.59 bits per heavy atom. The quantitative estimate of drug-likeness (QED) is 0.391. The van der Waals surface area contributed by atoms with Crippen LogP contribution in [0, 0.1) is 10.1 Å². The first-order valence-electron chi connectivity index (χ1n) is 6.36. The largest absolute Gasteiger partial charge is 0.462 e. The molecule has 0 saturated carbocycles. The molecule has 1 heterocycles. The predicted octanol–water partition coefficient (Wildman–Crippen LogP) is 3.56. The molecule has 2 rings (SSSR count). The Bertz CT molecular complexity index is 704. The van der Waals surface area contributed by atoms with Crippen LogP contribution in [0.1, 0.15) is 17.3 Å². The van der Waals surface area contributed by atoms with Crippen LogP contribution in [-0.2, 0) is 4.74 Å². The van der Waals surface area contributed by atoms with Gasteiger partial charge in [0, 0.05) is 11.8 Å². The summed E-state index contributed by atoms with van der Waals surface area (Å²) >= 11 is 5.75. The van der Waals surface area contributed by atoms with Crippen LogP contribution in [0.15, 0.2) is 36.4 Å². The van der Waals surface area contributed by atoms with Gasteiger partial charge in [-0.2, -0.15) is 0 Å². The van der Waals surface area contributed by atoms with Crippen LogP contribution in [0.2, 0.25) is 5.15 Å². The molecule has 8 heteroatoms. The lowest BCUT2D eigenvalue weighted by molar-refractivity contribution is -0.384. The molecule has 0 fully saturated rings. The standard InChI is InChI=1S/C14H12ClN3O4/c1-2-22-14(19)9-3-5-10(6-4-9)16-13-11(18(20)21)7-8-12(15)17-13/h3-8H,2H2,1H3,(H,16,17). The number of ether oxygens (including phenoxy) is 1. The minimum Gasteiger partial charge on any atom is -0.462 e. The average molecular weight is 322 g/mol. The number of nitrogens with one attached hydrogen (secondary N) is 1. The smallest absolute Gasteiger partial charge is 0.338 e. The molecule has 0 amide bonds. The molecule has 1 aromatic heterocycles. The summed E-state index contributed by atoms with van der Waals surface area (Å²) in [5.41, 5.74) is 0.728. The number of benzene rings is 1. The molecule has 0 spiro atoms. The van der Waals surface area contributed by atoms with Gasteiger partial charge in [-0.05, 0) is 37.3 Å². The van der Waals surface area contributed by atoms with Crippen LogP contribution in [0.4, 0.5) is 17.2 Å². The first-order valence-corrected chi connectivity index (χ1v) is 6.74. The van der Waals surface area contributed by atoms with E-state index >= 15 is 0 Å². The first kappa shape index (κ1) is 15.7. The Morgan fingerprint density at radius 2 is 2.00 bits per heavy atom. The van der Waals surface area contributed by atoms with Crippen molar-refractivity contribution in [1.29, 1.82) is 0 Å². The highest BCUT2D eigenvalue weighted by Gasteiger charge is 2.16. The molecule has 0 bridgehead atoms. The maximum absolute atomic E-state index is 11.5. The lowest BCUT2D eigenvalue weighted by atomic mass is 10.2. The van der Waals surface area contributed by atoms with E-state index in [0.717, 1.165) is 0 Å². The van der Waals surface area contributed by atoms with Gasteiger partial charge in [-0.25, -0.2) is 9.78 Å². The van der Waals surface area contributed by atoms with Crippen LogP contribution in [0.5, 0.6) is 0 Å². The monoisotopic (exact) mass is 321 g/mol. The lowest BCUT2D eigenvalue weighted by Crippen LogP contribution is -2.04. The number of hydrogen-bond acceptors (Lipinski definition) is 6. The molecule has 1 N–H and O–H groups in total. The SMILES string of the molecule is CCOC(=O)c1ccc(Nc2nc(Cl)ccc2[N+](=O)[O-])cc1. The van der Waals surface area contributed by atoms with Gasteiger partial charge in [0.15, 0.2) is 0 Å². The summed E-state index contributed by atoms with van der Waals surface area (Å²) < 4.78 is 4.87. The molecule has 0 atom stereocenters. The Kier molecular flexibility index (Phi) is 4.90. The number of nitro groups is 1. The summed E-state index contributed by atoms with van der Waals surface area (Å²) in [5, 5.41) is 13.9. The number of anilines is 2. The van der Waals surface area contributed by atoms with Crippen molar-refractivity contribution in [3.8, 4) is 0 Å². The fourth-order valence-corrected chi connectivity index (χ4v) is 1.86. The van der Waals surface area contributed by atoms with E-state index in [-0.39, 0.29) is 23.3 Å². The topological polar surface area (TPSA) is 94.4 Å². The summed E-state index contributed by atoms with van der Waals surface area (Å²) in [4.78, 5) is 25.8. The highest BCUT2D eigenvalue weighted by molar-refractivity contribution is 6.29. The number of aromatic nitrogens is 1. The Balaban J connectivity index is 2.23. The number of pyridine rings is 1. The second-order valence-corrected chi connectivity index (χ2v) is 4.57. The lowest BCUT2D eigenvalue weighted by Gasteiger charge is -2.07. The Morgan fingerprint density at radius 1 is 1.32 bits per heavy atom. The normalized spacial score (nSPS) is 10.1. The summed E-state index contributed by atoms with van der Waals surface area (Å²) in [7, 11) is 0. The second-order valence-electron chi connectivity index (χ2n) is 4.18. The molecule has 0 aliphatic rings. The van der Waals surface area contributed by atoms with E-state index in [1.807, 2.05) is 0 Å². The highest BCUT2D eigenvalue weighted by atomic mass is 35.5. The van der Waals surface area contributed by atoms with Crippen molar-refractivity contribution >= 4 is 34.8 Å². The van der Waals surface area contributed by atoms with Crippen LogP contribution >= 0.6 is 11.6 Å². The van der Waals surface area contributed by atoms with Gasteiger partial charge in [0.25, 0.3) is 0 Å². The van der Waals surface area contributed by atoms with Gasteiger partial charge in [0.2, 0.25) is 5.82 Å². The molecule has 22 heavy (non-hydrogen) atoms. The Labute approximate surface area is 131 Å². The number of carbonyl (C=O) groups is 1. The van der Waals surface area contributed by atoms with Crippen molar-refractivity contribution < 1.29 is 14.5 Å². The number of hydrogen-bond donors (Lipinski definition) is 1. The van der Waals surface area contributed by atoms with E-state index in [1.165, 1.54) is 12.1 Å². The molecule has 0 aliphatic heterocycles. The molecule has 0 radical (unpaired) electrons. The molecule has 0 saturated heterocycles. The zero-order valence-corrected chi connectivity index (χ0v) is 12.3. The van der Waals surface area contributed by atoms with Gasteiger partial charge < -0.3 is 10.1 Å². The molecule has 1 aromatic carbocycles. The first-order chi connectivity index (χ1) is 10.5. The number of halogens is 1. The maximum atomic E-state index is 11.5. The van der Waals surface area contributed by atoms with Gasteiger partial charge in [-0.15, -0.1) is 0 Å². The van der Waals surface area contributed by atoms with E-state index < -0.39 is 10.9 Å². The zero-order valence-electron chi connectivity index (χ0n) is 11.6.